The highest BCUT2D eigenvalue weighted by molar-refractivity contribution is 5.31. The molecule has 0 aliphatic rings. The predicted octanol–water partition coefficient (Wildman–Crippen LogP) is 2.42. The van der Waals surface area contributed by atoms with Crippen molar-refractivity contribution in [2.24, 2.45) is 0 Å². The number of nitrogens with zero attached hydrogens (tertiary/aromatic N) is 1. The second-order valence-corrected chi connectivity index (χ2v) is 3.66. The van der Waals surface area contributed by atoms with E-state index in [9.17, 15) is 0 Å². The van der Waals surface area contributed by atoms with Gasteiger partial charge in [-0.1, -0.05) is 25.5 Å². The first-order valence-corrected chi connectivity index (χ1v) is 5.64. The van der Waals surface area contributed by atoms with Crippen LogP contribution in [0.2, 0.25) is 0 Å². The first-order valence-electron chi connectivity index (χ1n) is 5.64. The lowest BCUT2D eigenvalue weighted by atomic mass is 10.2. The van der Waals surface area contributed by atoms with Gasteiger partial charge in [0.15, 0.2) is 0 Å². The fraction of sp³-hybridized carbons (Fsp3) is 0.462. The highest BCUT2D eigenvalue weighted by Gasteiger charge is 1.94. The molecule has 0 unspecified atom stereocenters. The van der Waals surface area contributed by atoms with Gasteiger partial charge in [-0.05, 0) is 30.7 Å². The molecule has 1 rings (SSSR count). The number of unbranched alkanes of at least 4 members (excludes halogenated alkanes) is 1. The lowest BCUT2D eigenvalue weighted by molar-refractivity contribution is 0.103. The average Bonchev–Trinajstić information content (AvgIpc) is 2.34. The zero-order valence-corrected chi connectivity index (χ0v) is 9.70. The molecule has 0 spiro atoms. The number of rotatable bonds is 7. The second kappa shape index (κ2) is 7.86. The maximum atomic E-state index is 8.63. The predicted molar refractivity (Wildman–Crippen MR) is 63.7 cm³/mol. The van der Waals surface area contributed by atoms with Gasteiger partial charge in [-0.15, -0.1) is 0 Å². The standard InChI is InChI=1S/C13H18N2O/c1-2-3-8-15-11-16-10-13-6-4-12(9-14)5-7-13/h4-7,15H,2-3,8,10-11H2,1H3. The quantitative estimate of drug-likeness (QED) is 0.564. The van der Waals surface area contributed by atoms with Crippen LogP contribution in [-0.4, -0.2) is 13.3 Å². The molecule has 3 heteroatoms. The lowest BCUT2D eigenvalue weighted by Crippen LogP contribution is -2.18. The lowest BCUT2D eigenvalue weighted by Gasteiger charge is -2.05. The third-order valence-corrected chi connectivity index (χ3v) is 2.26. The molecule has 1 N–H and O–H groups in total. The van der Waals surface area contributed by atoms with Crippen LogP contribution in [0, 0.1) is 11.3 Å². The first kappa shape index (κ1) is 12.7. The van der Waals surface area contributed by atoms with Crippen molar-refractivity contribution < 1.29 is 4.74 Å². The summed E-state index contributed by atoms with van der Waals surface area (Å²) >= 11 is 0. The fourth-order valence-electron chi connectivity index (χ4n) is 1.29. The second-order valence-electron chi connectivity index (χ2n) is 3.66. The molecule has 0 radical (unpaired) electrons. The van der Waals surface area contributed by atoms with E-state index in [4.69, 9.17) is 10.00 Å². The van der Waals surface area contributed by atoms with Crippen molar-refractivity contribution in [3.63, 3.8) is 0 Å². The summed E-state index contributed by atoms with van der Waals surface area (Å²) in [6, 6.07) is 9.55. The van der Waals surface area contributed by atoms with E-state index < -0.39 is 0 Å². The van der Waals surface area contributed by atoms with E-state index in [0.717, 1.165) is 12.1 Å². The van der Waals surface area contributed by atoms with Crippen LogP contribution >= 0.6 is 0 Å². The molecular formula is C13H18N2O. The van der Waals surface area contributed by atoms with E-state index in [2.05, 4.69) is 18.3 Å². The van der Waals surface area contributed by atoms with Crippen molar-refractivity contribution in [2.45, 2.75) is 26.4 Å². The number of nitriles is 1. The molecule has 0 aliphatic heterocycles. The molecule has 0 aromatic heterocycles. The molecule has 1 aromatic rings. The van der Waals surface area contributed by atoms with Gasteiger partial charge >= 0.3 is 0 Å². The Kier molecular flexibility index (Phi) is 6.24. The van der Waals surface area contributed by atoms with Crippen LogP contribution in [0.15, 0.2) is 24.3 Å². The van der Waals surface area contributed by atoms with Crippen LogP contribution in [-0.2, 0) is 11.3 Å². The van der Waals surface area contributed by atoms with Gasteiger partial charge in [-0.2, -0.15) is 5.26 Å². The smallest absolute Gasteiger partial charge is 0.0991 e. The Balaban J connectivity index is 2.15. The molecule has 0 heterocycles. The number of hydrogen-bond donors (Lipinski definition) is 1. The van der Waals surface area contributed by atoms with Crippen LogP contribution < -0.4 is 5.32 Å². The molecule has 0 saturated carbocycles. The van der Waals surface area contributed by atoms with Gasteiger partial charge in [-0.3, -0.25) is 5.32 Å². The first-order chi connectivity index (χ1) is 7.86. The molecule has 0 amide bonds. The molecular weight excluding hydrogens is 200 g/mol. The Hall–Kier alpha value is -1.37. The summed E-state index contributed by atoms with van der Waals surface area (Å²) in [7, 11) is 0. The zero-order chi connectivity index (χ0) is 11.6. The van der Waals surface area contributed by atoms with Crippen molar-refractivity contribution in [3.05, 3.63) is 35.4 Å². The number of ether oxygens (including phenoxy) is 1. The van der Waals surface area contributed by atoms with E-state index in [-0.39, 0.29) is 0 Å². The van der Waals surface area contributed by atoms with Crippen molar-refractivity contribution in [3.8, 4) is 6.07 Å². The zero-order valence-electron chi connectivity index (χ0n) is 9.70. The fourth-order valence-corrected chi connectivity index (χ4v) is 1.29. The Morgan fingerprint density at radius 1 is 1.31 bits per heavy atom. The summed E-state index contributed by atoms with van der Waals surface area (Å²) in [5.41, 5.74) is 1.78. The van der Waals surface area contributed by atoms with E-state index in [1.807, 2.05) is 24.3 Å². The third-order valence-electron chi connectivity index (χ3n) is 2.26. The Labute approximate surface area is 97.0 Å². The maximum Gasteiger partial charge on any atom is 0.0991 e. The average molecular weight is 218 g/mol. The van der Waals surface area contributed by atoms with Gasteiger partial charge in [0.05, 0.1) is 25.0 Å². The van der Waals surface area contributed by atoms with Crippen LogP contribution in [0.5, 0.6) is 0 Å². The summed E-state index contributed by atoms with van der Waals surface area (Å²) in [6.07, 6.45) is 2.38. The molecule has 16 heavy (non-hydrogen) atoms. The molecule has 0 aliphatic carbocycles. The summed E-state index contributed by atoms with van der Waals surface area (Å²) in [5, 5.41) is 11.8. The molecule has 0 atom stereocenters. The largest absolute Gasteiger partial charge is 0.362 e. The molecule has 1 aromatic carbocycles. The van der Waals surface area contributed by atoms with Crippen molar-refractivity contribution in [2.75, 3.05) is 13.3 Å². The summed E-state index contributed by atoms with van der Waals surface area (Å²) in [6.45, 7) is 4.34. The minimum Gasteiger partial charge on any atom is -0.362 e. The van der Waals surface area contributed by atoms with E-state index in [1.54, 1.807) is 0 Å². The van der Waals surface area contributed by atoms with E-state index in [1.165, 1.54) is 12.8 Å². The van der Waals surface area contributed by atoms with Gasteiger partial charge in [0.25, 0.3) is 0 Å². The third kappa shape index (κ3) is 4.92. The van der Waals surface area contributed by atoms with Gasteiger partial charge in [0.1, 0.15) is 0 Å². The van der Waals surface area contributed by atoms with Gasteiger partial charge in [-0.25, -0.2) is 0 Å². The number of hydrogen-bond acceptors (Lipinski definition) is 3. The topological polar surface area (TPSA) is 45.0 Å². The van der Waals surface area contributed by atoms with Crippen LogP contribution in [0.4, 0.5) is 0 Å². The normalized spacial score (nSPS) is 10.0. The molecule has 0 bridgehead atoms. The molecule has 3 nitrogen and oxygen atoms in total. The Bertz CT molecular complexity index is 327. The Morgan fingerprint density at radius 2 is 2.06 bits per heavy atom. The maximum absolute atomic E-state index is 8.63. The van der Waals surface area contributed by atoms with E-state index in [0.29, 0.717) is 18.9 Å². The minimum atomic E-state index is 0.583. The molecule has 0 saturated heterocycles. The number of nitrogens with one attached hydrogen (secondary N) is 1. The van der Waals surface area contributed by atoms with Crippen LogP contribution in [0.1, 0.15) is 30.9 Å². The monoisotopic (exact) mass is 218 g/mol. The van der Waals surface area contributed by atoms with Crippen LogP contribution in [0.3, 0.4) is 0 Å². The van der Waals surface area contributed by atoms with Crippen molar-refractivity contribution >= 4 is 0 Å². The van der Waals surface area contributed by atoms with Gasteiger partial charge in [0.2, 0.25) is 0 Å². The molecule has 0 fully saturated rings. The summed E-state index contributed by atoms with van der Waals surface area (Å²) in [5.74, 6) is 0. The van der Waals surface area contributed by atoms with Crippen LogP contribution in [0.25, 0.3) is 0 Å². The minimum absolute atomic E-state index is 0.583. The summed E-state index contributed by atoms with van der Waals surface area (Å²) in [4.78, 5) is 0. The number of benzene rings is 1. The highest BCUT2D eigenvalue weighted by atomic mass is 16.5. The Morgan fingerprint density at radius 3 is 2.69 bits per heavy atom. The van der Waals surface area contributed by atoms with Crippen molar-refractivity contribution in [1.82, 2.24) is 5.32 Å². The highest BCUT2D eigenvalue weighted by Crippen LogP contribution is 2.04. The SMILES string of the molecule is CCCCNCOCc1ccc(C#N)cc1. The van der Waals surface area contributed by atoms with Gasteiger partial charge in [0, 0.05) is 0 Å². The summed E-state index contributed by atoms with van der Waals surface area (Å²) < 4.78 is 5.45. The molecule has 86 valence electrons. The van der Waals surface area contributed by atoms with Gasteiger partial charge < -0.3 is 4.74 Å². The van der Waals surface area contributed by atoms with Crippen molar-refractivity contribution in [1.29, 1.82) is 5.26 Å². The van der Waals surface area contributed by atoms with E-state index >= 15 is 0 Å².